The summed E-state index contributed by atoms with van der Waals surface area (Å²) in [7, 11) is 0. The van der Waals surface area contributed by atoms with Crippen LogP contribution in [-0.2, 0) is 4.79 Å². The number of carbonyl (C=O) groups excluding carboxylic acids is 1. The first-order chi connectivity index (χ1) is 12.7. The summed E-state index contributed by atoms with van der Waals surface area (Å²) in [6.45, 7) is 5.04. The molecule has 0 aromatic heterocycles. The highest BCUT2D eigenvalue weighted by Gasteiger charge is 2.22. The molecule has 0 radical (unpaired) electrons. The molecule has 1 saturated heterocycles. The lowest BCUT2D eigenvalue weighted by atomic mass is 9.84. The van der Waals surface area contributed by atoms with Crippen LogP contribution in [0.15, 0.2) is 60.7 Å². The van der Waals surface area contributed by atoms with Crippen LogP contribution in [-0.4, -0.2) is 25.5 Å². The van der Waals surface area contributed by atoms with Crippen LogP contribution in [0.2, 0.25) is 0 Å². The van der Waals surface area contributed by atoms with Gasteiger partial charge >= 0.3 is 0 Å². The quantitative estimate of drug-likeness (QED) is 0.741. The molecule has 0 spiro atoms. The number of hydrogen-bond acceptors (Lipinski definition) is 2. The molecule has 0 saturated carbocycles. The molecule has 2 aromatic rings. The van der Waals surface area contributed by atoms with Crippen molar-refractivity contribution in [1.29, 1.82) is 0 Å². The van der Waals surface area contributed by atoms with E-state index in [1.807, 2.05) is 12.1 Å². The van der Waals surface area contributed by atoms with Crippen molar-refractivity contribution in [3.63, 3.8) is 0 Å². The van der Waals surface area contributed by atoms with Gasteiger partial charge in [-0.05, 0) is 48.9 Å². The Bertz CT molecular complexity index is 632. The molecule has 1 amide bonds. The fourth-order valence-corrected chi connectivity index (χ4v) is 3.96. The highest BCUT2D eigenvalue weighted by atomic mass is 35.5. The summed E-state index contributed by atoms with van der Waals surface area (Å²) in [5, 5.41) is 6.59. The second-order valence-corrected chi connectivity index (χ2v) is 7.45. The largest absolute Gasteiger partial charge is 0.355 e. The average Bonchev–Trinajstić information content (AvgIpc) is 2.70. The maximum atomic E-state index is 12.5. The van der Waals surface area contributed by atoms with Crippen LogP contribution in [0.1, 0.15) is 43.2 Å². The van der Waals surface area contributed by atoms with Crippen molar-refractivity contribution >= 4 is 18.3 Å². The van der Waals surface area contributed by atoms with Crippen LogP contribution in [0.4, 0.5) is 0 Å². The first-order valence-electron chi connectivity index (χ1n) is 9.81. The first kappa shape index (κ1) is 21.5. The minimum atomic E-state index is 0. The Morgan fingerprint density at radius 2 is 1.52 bits per heavy atom. The van der Waals surface area contributed by atoms with Crippen LogP contribution in [0.3, 0.4) is 0 Å². The number of carbonyl (C=O) groups is 1. The number of halogens is 1. The van der Waals surface area contributed by atoms with E-state index >= 15 is 0 Å². The molecule has 3 rings (SSSR count). The fourth-order valence-electron chi connectivity index (χ4n) is 3.96. The summed E-state index contributed by atoms with van der Waals surface area (Å²) in [5.74, 6) is 1.48. The number of hydrogen-bond donors (Lipinski definition) is 2. The van der Waals surface area contributed by atoms with Gasteiger partial charge in [0, 0.05) is 18.9 Å². The van der Waals surface area contributed by atoms with Crippen molar-refractivity contribution in [3.8, 4) is 0 Å². The molecule has 0 aliphatic carbocycles. The third kappa shape index (κ3) is 6.37. The lowest BCUT2D eigenvalue weighted by Gasteiger charge is -2.28. The number of piperidine rings is 1. The Morgan fingerprint density at radius 1 is 1.00 bits per heavy atom. The summed E-state index contributed by atoms with van der Waals surface area (Å²) < 4.78 is 0. The Morgan fingerprint density at radius 3 is 2.04 bits per heavy atom. The summed E-state index contributed by atoms with van der Waals surface area (Å²) >= 11 is 0. The van der Waals surface area contributed by atoms with Gasteiger partial charge in [0.2, 0.25) is 5.91 Å². The van der Waals surface area contributed by atoms with Gasteiger partial charge in [0.05, 0.1) is 0 Å². The van der Waals surface area contributed by atoms with Crippen molar-refractivity contribution < 1.29 is 4.79 Å². The number of amides is 1. The van der Waals surface area contributed by atoms with Crippen LogP contribution >= 0.6 is 12.4 Å². The molecule has 146 valence electrons. The van der Waals surface area contributed by atoms with E-state index in [0.717, 1.165) is 13.1 Å². The Labute approximate surface area is 169 Å². The van der Waals surface area contributed by atoms with Crippen molar-refractivity contribution in [2.75, 3.05) is 19.6 Å². The van der Waals surface area contributed by atoms with E-state index in [0.29, 0.717) is 24.8 Å². The molecule has 0 bridgehead atoms. The normalized spacial score (nSPS) is 15.8. The maximum Gasteiger partial charge on any atom is 0.220 e. The molecular formula is C23H31ClN2O. The predicted octanol–water partition coefficient (Wildman–Crippen LogP) is 4.38. The van der Waals surface area contributed by atoms with Gasteiger partial charge in [-0.2, -0.15) is 0 Å². The molecule has 1 unspecified atom stereocenters. The summed E-state index contributed by atoms with van der Waals surface area (Å²) in [6, 6.07) is 20.9. The van der Waals surface area contributed by atoms with Crippen LogP contribution < -0.4 is 10.6 Å². The third-order valence-corrected chi connectivity index (χ3v) is 5.60. The molecule has 1 fully saturated rings. The molecule has 27 heavy (non-hydrogen) atoms. The van der Waals surface area contributed by atoms with E-state index in [9.17, 15) is 4.79 Å². The lowest BCUT2D eigenvalue weighted by molar-refractivity contribution is -0.122. The monoisotopic (exact) mass is 386 g/mol. The van der Waals surface area contributed by atoms with E-state index in [1.54, 1.807) is 0 Å². The highest BCUT2D eigenvalue weighted by molar-refractivity contribution is 5.85. The van der Waals surface area contributed by atoms with Crippen molar-refractivity contribution in [1.82, 2.24) is 10.6 Å². The van der Waals surface area contributed by atoms with E-state index in [-0.39, 0.29) is 24.2 Å². The molecule has 1 heterocycles. The molecule has 1 atom stereocenters. The van der Waals surface area contributed by atoms with Gasteiger partial charge in [0.15, 0.2) is 0 Å². The third-order valence-electron chi connectivity index (χ3n) is 5.60. The fraction of sp³-hybridized carbons (Fsp3) is 0.435. The van der Waals surface area contributed by atoms with Gasteiger partial charge in [0.1, 0.15) is 0 Å². The van der Waals surface area contributed by atoms with Crippen molar-refractivity contribution in [3.05, 3.63) is 71.8 Å². The molecule has 4 heteroatoms. The Balaban J connectivity index is 0.00000261. The maximum absolute atomic E-state index is 12.5. The second-order valence-electron chi connectivity index (χ2n) is 7.45. The number of benzene rings is 2. The van der Waals surface area contributed by atoms with Crippen LogP contribution in [0.25, 0.3) is 0 Å². The summed E-state index contributed by atoms with van der Waals surface area (Å²) in [4.78, 5) is 12.5. The standard InChI is InChI=1S/C23H30N2O.ClH/c1-18(19-12-14-24-15-13-19)16-23(26)25-17-22(20-8-4-2-5-9-20)21-10-6-3-7-11-21;/h2-11,18-19,22,24H,12-17H2,1H3,(H,25,26);1H. The zero-order valence-electron chi connectivity index (χ0n) is 16.1. The average molecular weight is 387 g/mol. The molecular weight excluding hydrogens is 356 g/mol. The Hall–Kier alpha value is -1.84. The van der Waals surface area contributed by atoms with Crippen LogP contribution in [0.5, 0.6) is 0 Å². The van der Waals surface area contributed by atoms with E-state index in [4.69, 9.17) is 0 Å². The van der Waals surface area contributed by atoms with Crippen molar-refractivity contribution in [2.45, 2.75) is 32.1 Å². The van der Waals surface area contributed by atoms with E-state index < -0.39 is 0 Å². The van der Waals surface area contributed by atoms with Crippen LogP contribution in [0, 0.1) is 11.8 Å². The molecule has 2 aromatic carbocycles. The highest BCUT2D eigenvalue weighted by Crippen LogP contribution is 2.25. The van der Waals surface area contributed by atoms with E-state index in [1.165, 1.54) is 24.0 Å². The minimum absolute atomic E-state index is 0. The summed E-state index contributed by atoms with van der Waals surface area (Å²) in [6.07, 6.45) is 3.00. The molecule has 2 N–H and O–H groups in total. The second kappa shape index (κ2) is 11.1. The van der Waals surface area contributed by atoms with Gasteiger partial charge in [-0.1, -0.05) is 67.6 Å². The number of nitrogens with one attached hydrogen (secondary N) is 2. The van der Waals surface area contributed by atoms with Gasteiger partial charge in [-0.3, -0.25) is 4.79 Å². The summed E-state index contributed by atoms with van der Waals surface area (Å²) in [5.41, 5.74) is 2.48. The van der Waals surface area contributed by atoms with Gasteiger partial charge < -0.3 is 10.6 Å². The minimum Gasteiger partial charge on any atom is -0.355 e. The van der Waals surface area contributed by atoms with Gasteiger partial charge in [-0.25, -0.2) is 0 Å². The van der Waals surface area contributed by atoms with E-state index in [2.05, 4.69) is 66.1 Å². The molecule has 1 aliphatic heterocycles. The zero-order valence-corrected chi connectivity index (χ0v) is 16.9. The zero-order chi connectivity index (χ0) is 18.2. The Kier molecular flexibility index (Phi) is 8.83. The SMILES string of the molecule is CC(CC(=O)NCC(c1ccccc1)c1ccccc1)C1CCNCC1.Cl. The topological polar surface area (TPSA) is 41.1 Å². The predicted molar refractivity (Wildman–Crippen MR) is 114 cm³/mol. The van der Waals surface area contributed by atoms with Crippen molar-refractivity contribution in [2.24, 2.45) is 11.8 Å². The van der Waals surface area contributed by atoms with Gasteiger partial charge in [-0.15, -0.1) is 12.4 Å². The lowest BCUT2D eigenvalue weighted by Crippen LogP contribution is -2.34. The van der Waals surface area contributed by atoms with Gasteiger partial charge in [0.25, 0.3) is 0 Å². The smallest absolute Gasteiger partial charge is 0.220 e. The molecule has 1 aliphatic rings. The first-order valence-corrected chi connectivity index (χ1v) is 9.81. The number of rotatable bonds is 7. The molecule has 3 nitrogen and oxygen atoms in total.